The number of rotatable bonds is 2. The number of anilines is 1. The number of ether oxygens (including phenoxy) is 1. The molecule has 0 saturated carbocycles. The summed E-state index contributed by atoms with van der Waals surface area (Å²) in [5.41, 5.74) is 0. The highest BCUT2D eigenvalue weighted by molar-refractivity contribution is 7.10. The molecule has 2 rings (SSSR count). The number of amides is 1. The van der Waals surface area contributed by atoms with Crippen LogP contribution in [0, 0.1) is 0 Å². The Bertz CT molecular complexity index is 297. The molecule has 14 heavy (non-hydrogen) atoms. The number of hydrogen-bond donors (Lipinski definition) is 2. The molecule has 2 N–H and O–H groups in total. The fourth-order valence-electron chi connectivity index (χ4n) is 1.16. The van der Waals surface area contributed by atoms with Crippen molar-refractivity contribution in [1.29, 1.82) is 0 Å². The Morgan fingerprint density at radius 3 is 3.36 bits per heavy atom. The zero-order valence-electron chi connectivity index (χ0n) is 7.40. The lowest BCUT2D eigenvalue weighted by molar-refractivity contribution is -0.128. The quantitative estimate of drug-likeness (QED) is 0.692. The highest BCUT2D eigenvalue weighted by atomic mass is 32.1. The Hall–Kier alpha value is -1.05. The van der Waals surface area contributed by atoms with Gasteiger partial charge in [-0.15, -0.1) is 5.10 Å². The lowest BCUT2D eigenvalue weighted by Crippen LogP contribution is -2.45. The minimum Gasteiger partial charge on any atom is -0.366 e. The third-order valence-electron chi connectivity index (χ3n) is 1.83. The van der Waals surface area contributed by atoms with E-state index in [0.717, 1.165) is 18.1 Å². The summed E-state index contributed by atoms with van der Waals surface area (Å²) in [5, 5.41) is 10.0. The van der Waals surface area contributed by atoms with Crippen LogP contribution in [0.25, 0.3) is 0 Å². The summed E-state index contributed by atoms with van der Waals surface area (Å²) in [4.78, 5) is 11.5. The van der Waals surface area contributed by atoms with Gasteiger partial charge >= 0.3 is 0 Å². The molecule has 0 aromatic carbocycles. The molecular formula is C7H10N4O2S. The zero-order valence-corrected chi connectivity index (χ0v) is 8.21. The number of nitrogens with zero attached hydrogens (tertiary/aromatic N) is 2. The second-order valence-electron chi connectivity index (χ2n) is 2.83. The van der Waals surface area contributed by atoms with Crippen LogP contribution >= 0.6 is 11.5 Å². The van der Waals surface area contributed by atoms with Crippen molar-refractivity contribution in [2.24, 2.45) is 0 Å². The van der Waals surface area contributed by atoms with Gasteiger partial charge in [-0.25, -0.2) is 0 Å². The predicted octanol–water partition coefficient (Wildman–Crippen LogP) is -0.535. The maximum atomic E-state index is 11.5. The molecule has 1 atom stereocenters. The van der Waals surface area contributed by atoms with Crippen molar-refractivity contribution >= 4 is 22.4 Å². The van der Waals surface area contributed by atoms with Crippen LogP contribution in [0.15, 0.2) is 6.20 Å². The van der Waals surface area contributed by atoms with Crippen LogP contribution in [0.2, 0.25) is 0 Å². The van der Waals surface area contributed by atoms with Crippen molar-refractivity contribution in [3.05, 3.63) is 6.20 Å². The number of nitrogens with one attached hydrogen (secondary N) is 2. The van der Waals surface area contributed by atoms with Crippen LogP contribution in [-0.2, 0) is 9.53 Å². The Morgan fingerprint density at radius 2 is 2.71 bits per heavy atom. The number of carbonyl (C=O) groups excluding carboxylic acids is 1. The van der Waals surface area contributed by atoms with Crippen molar-refractivity contribution in [2.75, 3.05) is 25.0 Å². The number of carbonyl (C=O) groups is 1. The van der Waals surface area contributed by atoms with Crippen LogP contribution in [0.5, 0.6) is 0 Å². The summed E-state index contributed by atoms with van der Waals surface area (Å²) in [6, 6.07) is 0. The Morgan fingerprint density at radius 1 is 1.79 bits per heavy atom. The first-order valence-electron chi connectivity index (χ1n) is 4.27. The van der Waals surface area contributed by atoms with E-state index in [1.54, 1.807) is 0 Å². The fraction of sp³-hybridized carbons (Fsp3) is 0.571. The second kappa shape index (κ2) is 4.45. The van der Waals surface area contributed by atoms with E-state index < -0.39 is 6.10 Å². The van der Waals surface area contributed by atoms with Gasteiger partial charge in [0.2, 0.25) is 0 Å². The zero-order chi connectivity index (χ0) is 9.80. The van der Waals surface area contributed by atoms with Crippen molar-refractivity contribution in [2.45, 2.75) is 6.10 Å². The van der Waals surface area contributed by atoms with E-state index >= 15 is 0 Å². The topological polar surface area (TPSA) is 76.1 Å². The van der Waals surface area contributed by atoms with E-state index in [2.05, 4.69) is 20.2 Å². The van der Waals surface area contributed by atoms with Crippen molar-refractivity contribution in [3.63, 3.8) is 0 Å². The summed E-state index contributed by atoms with van der Waals surface area (Å²) in [6.45, 7) is 1.92. The van der Waals surface area contributed by atoms with Crippen LogP contribution < -0.4 is 10.6 Å². The lowest BCUT2D eigenvalue weighted by Gasteiger charge is -2.22. The van der Waals surface area contributed by atoms with Crippen molar-refractivity contribution in [1.82, 2.24) is 14.9 Å². The molecule has 0 radical (unpaired) electrons. The molecule has 7 heteroatoms. The Balaban J connectivity index is 1.88. The molecule has 1 amide bonds. The van der Waals surface area contributed by atoms with Gasteiger partial charge in [0, 0.05) is 24.6 Å². The number of aromatic nitrogens is 2. The second-order valence-corrected chi connectivity index (χ2v) is 3.62. The van der Waals surface area contributed by atoms with Gasteiger partial charge in [0.05, 0.1) is 12.8 Å². The molecular weight excluding hydrogens is 204 g/mol. The summed E-state index contributed by atoms with van der Waals surface area (Å²) in [6.07, 6.45) is 1.10. The third-order valence-corrected chi connectivity index (χ3v) is 2.41. The normalized spacial score (nSPS) is 21.9. The van der Waals surface area contributed by atoms with Gasteiger partial charge in [-0.05, 0) is 0 Å². The van der Waals surface area contributed by atoms with Crippen LogP contribution in [0.1, 0.15) is 0 Å². The molecule has 1 saturated heterocycles. The van der Waals surface area contributed by atoms with Gasteiger partial charge in [-0.1, -0.05) is 4.49 Å². The standard InChI is InChI=1S/C7H10N4O2S/c12-7(5-3-8-1-2-13-5)10-6-4-9-11-14-6/h4-5,8H,1-3H2,(H,10,12). The minimum atomic E-state index is -0.411. The molecule has 1 aromatic rings. The first kappa shape index (κ1) is 9.50. The minimum absolute atomic E-state index is 0.150. The lowest BCUT2D eigenvalue weighted by atomic mass is 10.3. The van der Waals surface area contributed by atoms with Gasteiger partial charge in [0.1, 0.15) is 11.1 Å². The maximum absolute atomic E-state index is 11.5. The summed E-state index contributed by atoms with van der Waals surface area (Å²) in [7, 11) is 0. The largest absolute Gasteiger partial charge is 0.366 e. The molecule has 6 nitrogen and oxygen atoms in total. The predicted molar refractivity (Wildman–Crippen MR) is 51.1 cm³/mol. The molecule has 1 unspecified atom stereocenters. The molecule has 0 spiro atoms. The van der Waals surface area contributed by atoms with Crippen molar-refractivity contribution in [3.8, 4) is 0 Å². The van der Waals surface area contributed by atoms with E-state index in [1.165, 1.54) is 6.20 Å². The molecule has 1 fully saturated rings. The van der Waals surface area contributed by atoms with Gasteiger partial charge < -0.3 is 15.4 Å². The highest BCUT2D eigenvalue weighted by Crippen LogP contribution is 2.10. The molecule has 0 aliphatic carbocycles. The summed E-state index contributed by atoms with van der Waals surface area (Å²) >= 11 is 1.15. The highest BCUT2D eigenvalue weighted by Gasteiger charge is 2.21. The first-order chi connectivity index (χ1) is 6.86. The molecule has 76 valence electrons. The smallest absolute Gasteiger partial charge is 0.255 e. The Labute approximate surface area is 84.8 Å². The van der Waals surface area contributed by atoms with Gasteiger partial charge in [-0.2, -0.15) is 0 Å². The molecule has 0 bridgehead atoms. The average molecular weight is 214 g/mol. The molecule has 2 heterocycles. The number of morpholine rings is 1. The van der Waals surface area contributed by atoms with E-state index in [0.29, 0.717) is 18.2 Å². The van der Waals surface area contributed by atoms with E-state index in [1.807, 2.05) is 0 Å². The summed E-state index contributed by atoms with van der Waals surface area (Å²) in [5.74, 6) is -0.150. The molecule has 1 aromatic heterocycles. The van der Waals surface area contributed by atoms with Gasteiger partial charge in [0.15, 0.2) is 0 Å². The Kier molecular flexibility index (Phi) is 3.02. The molecule has 1 aliphatic rings. The monoisotopic (exact) mass is 214 g/mol. The van der Waals surface area contributed by atoms with Crippen LogP contribution in [0.3, 0.4) is 0 Å². The first-order valence-corrected chi connectivity index (χ1v) is 5.04. The third kappa shape index (κ3) is 2.25. The van der Waals surface area contributed by atoms with Gasteiger partial charge in [0.25, 0.3) is 5.91 Å². The van der Waals surface area contributed by atoms with Crippen LogP contribution in [-0.4, -0.2) is 41.3 Å². The fourth-order valence-corrected chi connectivity index (χ4v) is 1.58. The van der Waals surface area contributed by atoms with E-state index in [4.69, 9.17) is 4.74 Å². The summed E-state index contributed by atoms with van der Waals surface area (Å²) < 4.78 is 8.92. The van der Waals surface area contributed by atoms with E-state index in [-0.39, 0.29) is 5.91 Å². The van der Waals surface area contributed by atoms with E-state index in [9.17, 15) is 4.79 Å². The maximum Gasteiger partial charge on any atom is 0.255 e. The number of hydrogen-bond acceptors (Lipinski definition) is 6. The average Bonchev–Trinajstić information content (AvgIpc) is 2.72. The van der Waals surface area contributed by atoms with Crippen LogP contribution in [0.4, 0.5) is 5.00 Å². The van der Waals surface area contributed by atoms with Gasteiger partial charge in [-0.3, -0.25) is 4.79 Å². The van der Waals surface area contributed by atoms with Crippen molar-refractivity contribution < 1.29 is 9.53 Å². The SMILES string of the molecule is O=C(Nc1cnns1)C1CNCCO1. The molecule has 1 aliphatic heterocycles.